The van der Waals surface area contributed by atoms with Crippen LogP contribution in [0.4, 0.5) is 10.1 Å². The zero-order chi connectivity index (χ0) is 24.2. The predicted molar refractivity (Wildman–Crippen MR) is 131 cm³/mol. The number of benzene rings is 3. The molecule has 1 aliphatic rings. The summed E-state index contributed by atoms with van der Waals surface area (Å²) in [5.74, 6) is -0.818. The van der Waals surface area contributed by atoms with Crippen LogP contribution < -0.4 is 5.73 Å². The summed E-state index contributed by atoms with van der Waals surface area (Å²) in [7, 11) is 0. The molecule has 170 valence electrons. The number of hydrogen-bond donors (Lipinski definition) is 1. The van der Waals surface area contributed by atoms with E-state index < -0.39 is 5.91 Å². The maximum absolute atomic E-state index is 13.6. The number of rotatable bonds is 5. The Kier molecular flexibility index (Phi) is 6.97. The van der Waals surface area contributed by atoms with Crippen molar-refractivity contribution in [3.8, 4) is 6.07 Å². The zero-order valence-electron chi connectivity index (χ0n) is 17.9. The van der Waals surface area contributed by atoms with Crippen molar-refractivity contribution >= 4 is 40.5 Å². The fraction of sp³-hybridized carbons (Fsp3) is 0.115. The van der Waals surface area contributed by atoms with Crippen molar-refractivity contribution in [1.82, 2.24) is 4.90 Å². The number of aliphatic imine (C=N–C) groups is 1. The van der Waals surface area contributed by atoms with Crippen molar-refractivity contribution in [1.29, 1.82) is 5.26 Å². The molecule has 0 bridgehead atoms. The minimum absolute atomic E-state index is 0.101. The Labute approximate surface area is 206 Å². The Morgan fingerprint density at radius 2 is 1.76 bits per heavy atom. The number of amides is 1. The van der Waals surface area contributed by atoms with Crippen molar-refractivity contribution in [2.24, 2.45) is 10.7 Å². The van der Waals surface area contributed by atoms with E-state index in [2.05, 4.69) is 6.07 Å². The van der Waals surface area contributed by atoms with E-state index in [1.165, 1.54) is 17.0 Å². The van der Waals surface area contributed by atoms with E-state index in [4.69, 9.17) is 33.9 Å². The highest BCUT2D eigenvalue weighted by Crippen LogP contribution is 2.29. The second-order valence-electron chi connectivity index (χ2n) is 7.72. The highest BCUT2D eigenvalue weighted by atomic mass is 35.5. The second-order valence-corrected chi connectivity index (χ2v) is 8.56. The molecule has 0 saturated heterocycles. The molecule has 0 aromatic heterocycles. The van der Waals surface area contributed by atoms with Gasteiger partial charge in [0.2, 0.25) is 0 Å². The standard InChI is InChI=1S/C26H19Cl2FN4O/c27-19-8-5-16(6-9-19)25(32-23-4-2-1-3-22(23)28)21(11-12-30)24(31)26(34)33-14-17-7-10-20(29)13-18(17)15-33/h1-10,13H,11,14-15,31H2. The van der Waals surface area contributed by atoms with Crippen LogP contribution in [-0.2, 0) is 17.9 Å². The van der Waals surface area contributed by atoms with Gasteiger partial charge in [-0.1, -0.05) is 53.5 Å². The van der Waals surface area contributed by atoms with Gasteiger partial charge in [0.05, 0.1) is 28.9 Å². The molecule has 0 atom stereocenters. The van der Waals surface area contributed by atoms with E-state index in [1.54, 1.807) is 54.6 Å². The number of carbonyl (C=O) groups is 1. The summed E-state index contributed by atoms with van der Waals surface area (Å²) < 4.78 is 13.6. The van der Waals surface area contributed by atoms with Gasteiger partial charge in [0.25, 0.3) is 5.91 Å². The molecular formula is C26H19Cl2FN4O. The SMILES string of the molecule is N#CCC(C(=Nc1ccccc1Cl)c1ccc(Cl)cc1)=C(N)C(=O)N1Cc2ccc(F)cc2C1. The maximum atomic E-state index is 13.6. The van der Waals surface area contributed by atoms with Gasteiger partial charge < -0.3 is 10.6 Å². The quantitative estimate of drug-likeness (QED) is 0.354. The lowest BCUT2D eigenvalue weighted by Gasteiger charge is -2.19. The van der Waals surface area contributed by atoms with E-state index in [9.17, 15) is 14.4 Å². The van der Waals surface area contributed by atoms with Gasteiger partial charge in [0, 0.05) is 29.2 Å². The van der Waals surface area contributed by atoms with E-state index in [0.717, 1.165) is 11.1 Å². The van der Waals surface area contributed by atoms with Crippen LogP contribution in [0.5, 0.6) is 0 Å². The largest absolute Gasteiger partial charge is 0.394 e. The summed E-state index contributed by atoms with van der Waals surface area (Å²) in [5, 5.41) is 10.5. The first-order valence-corrected chi connectivity index (χ1v) is 11.1. The minimum atomic E-state index is -0.456. The van der Waals surface area contributed by atoms with Crippen LogP contribution in [0.2, 0.25) is 10.0 Å². The fourth-order valence-corrected chi connectivity index (χ4v) is 4.07. The summed E-state index contributed by atoms with van der Waals surface area (Å²) >= 11 is 12.4. The molecule has 3 aromatic rings. The van der Waals surface area contributed by atoms with Crippen LogP contribution in [-0.4, -0.2) is 16.5 Å². The molecule has 5 nitrogen and oxygen atoms in total. The summed E-state index contributed by atoms with van der Waals surface area (Å²) in [4.78, 5) is 19.6. The van der Waals surface area contributed by atoms with Crippen LogP contribution >= 0.6 is 23.2 Å². The average molecular weight is 493 g/mol. The highest BCUT2D eigenvalue weighted by molar-refractivity contribution is 6.33. The molecule has 0 radical (unpaired) electrons. The van der Waals surface area contributed by atoms with Gasteiger partial charge in [-0.25, -0.2) is 9.38 Å². The monoisotopic (exact) mass is 492 g/mol. The number of nitrogens with zero attached hydrogens (tertiary/aromatic N) is 3. The summed E-state index contributed by atoms with van der Waals surface area (Å²) in [6, 6.07) is 20.4. The molecule has 1 amide bonds. The molecule has 0 unspecified atom stereocenters. The third kappa shape index (κ3) is 4.96. The summed E-state index contributed by atoms with van der Waals surface area (Å²) in [5.41, 5.74) is 9.57. The first kappa shape index (κ1) is 23.5. The number of carbonyl (C=O) groups excluding carboxylic acids is 1. The fourth-order valence-electron chi connectivity index (χ4n) is 3.77. The molecule has 3 aromatic carbocycles. The van der Waals surface area contributed by atoms with E-state index >= 15 is 0 Å². The molecule has 0 saturated carbocycles. The molecule has 2 N–H and O–H groups in total. The van der Waals surface area contributed by atoms with Crippen LogP contribution in [0.15, 0.2) is 83.0 Å². The third-order valence-corrected chi connectivity index (χ3v) is 6.05. The third-order valence-electron chi connectivity index (χ3n) is 5.48. The molecule has 0 aliphatic carbocycles. The number of hydrogen-bond acceptors (Lipinski definition) is 4. The van der Waals surface area contributed by atoms with Crippen molar-refractivity contribution < 1.29 is 9.18 Å². The van der Waals surface area contributed by atoms with E-state index in [-0.39, 0.29) is 30.1 Å². The van der Waals surface area contributed by atoms with Crippen molar-refractivity contribution in [3.63, 3.8) is 0 Å². The van der Waals surface area contributed by atoms with Gasteiger partial charge in [0.1, 0.15) is 11.5 Å². The average Bonchev–Trinajstić information content (AvgIpc) is 3.25. The molecule has 4 rings (SSSR count). The molecule has 34 heavy (non-hydrogen) atoms. The van der Waals surface area contributed by atoms with Crippen LogP contribution in [0, 0.1) is 17.1 Å². The minimum Gasteiger partial charge on any atom is -0.394 e. The molecule has 1 heterocycles. The Morgan fingerprint density at radius 1 is 1.06 bits per heavy atom. The van der Waals surface area contributed by atoms with Crippen LogP contribution in [0.1, 0.15) is 23.1 Å². The Morgan fingerprint density at radius 3 is 2.47 bits per heavy atom. The molecular weight excluding hydrogens is 474 g/mol. The van der Waals surface area contributed by atoms with E-state index in [1.807, 2.05) is 0 Å². The summed E-state index contributed by atoms with van der Waals surface area (Å²) in [6.07, 6.45) is -0.154. The lowest BCUT2D eigenvalue weighted by atomic mass is 9.97. The number of fused-ring (bicyclic) bond motifs is 1. The molecule has 8 heteroatoms. The van der Waals surface area contributed by atoms with E-state index in [0.29, 0.717) is 33.6 Å². The van der Waals surface area contributed by atoms with Crippen molar-refractivity contribution in [2.45, 2.75) is 19.5 Å². The number of nitriles is 1. The first-order chi connectivity index (χ1) is 16.4. The smallest absolute Gasteiger partial charge is 0.270 e. The number of nitrogens with two attached hydrogens (primary N) is 1. The highest BCUT2D eigenvalue weighted by Gasteiger charge is 2.28. The first-order valence-electron chi connectivity index (χ1n) is 10.4. The topological polar surface area (TPSA) is 82.5 Å². The second kappa shape index (κ2) is 10.1. The van der Waals surface area contributed by atoms with Gasteiger partial charge in [-0.3, -0.25) is 4.79 Å². The van der Waals surface area contributed by atoms with Gasteiger partial charge >= 0.3 is 0 Å². The molecule has 0 fully saturated rings. The lowest BCUT2D eigenvalue weighted by Crippen LogP contribution is -2.32. The van der Waals surface area contributed by atoms with Gasteiger partial charge in [-0.05, 0) is 47.5 Å². The summed E-state index contributed by atoms with van der Waals surface area (Å²) in [6.45, 7) is 0.525. The Balaban J connectivity index is 1.80. The van der Waals surface area contributed by atoms with Crippen LogP contribution in [0.3, 0.4) is 0 Å². The van der Waals surface area contributed by atoms with Gasteiger partial charge in [0.15, 0.2) is 0 Å². The van der Waals surface area contributed by atoms with Gasteiger partial charge in [-0.15, -0.1) is 0 Å². The predicted octanol–water partition coefficient (Wildman–Crippen LogP) is 5.92. The Hall–Kier alpha value is -3.66. The molecule has 1 aliphatic heterocycles. The number of allylic oxidation sites excluding steroid dienone is 1. The number of para-hydroxylation sites is 1. The lowest BCUT2D eigenvalue weighted by molar-refractivity contribution is -0.127. The number of halogens is 3. The molecule has 0 spiro atoms. The van der Waals surface area contributed by atoms with Crippen molar-refractivity contribution in [2.75, 3.05) is 0 Å². The van der Waals surface area contributed by atoms with Crippen LogP contribution in [0.25, 0.3) is 0 Å². The normalized spacial score (nSPS) is 13.8. The van der Waals surface area contributed by atoms with Crippen molar-refractivity contribution in [3.05, 3.63) is 111 Å². The zero-order valence-corrected chi connectivity index (χ0v) is 19.4. The maximum Gasteiger partial charge on any atom is 0.270 e. The Bertz CT molecular complexity index is 1360. The van der Waals surface area contributed by atoms with Gasteiger partial charge in [-0.2, -0.15) is 5.26 Å².